The third-order valence-corrected chi connectivity index (χ3v) is 6.47. The van der Waals surface area contributed by atoms with Gasteiger partial charge in [-0.1, -0.05) is 41.9 Å². The van der Waals surface area contributed by atoms with Gasteiger partial charge < -0.3 is 14.2 Å². The van der Waals surface area contributed by atoms with Crippen molar-refractivity contribution in [1.29, 1.82) is 0 Å². The summed E-state index contributed by atoms with van der Waals surface area (Å²) in [6.45, 7) is 1.94. The Morgan fingerprint density at radius 3 is 2.52 bits per heavy atom. The lowest BCUT2D eigenvalue weighted by molar-refractivity contribution is -0.136. The maximum Gasteiger partial charge on any atom is 0.260 e. The number of nitrogens with zero attached hydrogens (tertiary/aromatic N) is 2. The van der Waals surface area contributed by atoms with E-state index in [9.17, 15) is 9.59 Å². The molecule has 2 atom stereocenters. The topological polar surface area (TPSA) is 51.5 Å². The Hall–Kier alpha value is -3.05. The van der Waals surface area contributed by atoms with Crippen molar-refractivity contribution in [1.82, 2.24) is 9.47 Å². The number of hydrogen-bond acceptors (Lipinski definition) is 3. The molecule has 0 N–H and O–H groups in total. The summed E-state index contributed by atoms with van der Waals surface area (Å²) >= 11 is 5.99. The molecule has 6 heteroatoms. The molecule has 5 nitrogen and oxygen atoms in total. The van der Waals surface area contributed by atoms with Crippen molar-refractivity contribution in [2.24, 2.45) is 5.92 Å². The number of benzene rings is 2. The van der Waals surface area contributed by atoms with Crippen molar-refractivity contribution in [3.63, 3.8) is 0 Å². The van der Waals surface area contributed by atoms with Crippen molar-refractivity contribution in [3.05, 3.63) is 87.8 Å². The number of carbonyl (C=O) groups is 1. The number of aromatic nitrogens is 1. The van der Waals surface area contributed by atoms with Crippen LogP contribution in [0.2, 0.25) is 5.02 Å². The lowest BCUT2D eigenvalue weighted by Gasteiger charge is -2.42. The Morgan fingerprint density at radius 1 is 0.968 bits per heavy atom. The van der Waals surface area contributed by atoms with Gasteiger partial charge in [0.15, 0.2) is 6.61 Å². The van der Waals surface area contributed by atoms with Gasteiger partial charge in [0.1, 0.15) is 5.75 Å². The summed E-state index contributed by atoms with van der Waals surface area (Å²) in [5.41, 5.74) is 2.60. The number of carbonyl (C=O) groups excluding carboxylic acids is 1. The van der Waals surface area contributed by atoms with Crippen molar-refractivity contribution in [3.8, 4) is 16.9 Å². The zero-order valence-electron chi connectivity index (χ0n) is 17.0. The van der Waals surface area contributed by atoms with Gasteiger partial charge in [0.05, 0.1) is 0 Å². The summed E-state index contributed by atoms with van der Waals surface area (Å²) in [5, 5.41) is 0.650. The Balaban J connectivity index is 1.34. The second-order valence-corrected chi connectivity index (χ2v) is 8.73. The lowest BCUT2D eigenvalue weighted by atomic mass is 9.82. The van der Waals surface area contributed by atoms with Crippen LogP contribution in [-0.4, -0.2) is 35.1 Å². The van der Waals surface area contributed by atoms with E-state index < -0.39 is 0 Å². The monoisotopic (exact) mass is 434 g/mol. The fraction of sp³-hybridized carbons (Fsp3) is 0.280. The number of likely N-dealkylation sites (tertiary alicyclic amines) is 1. The SMILES string of the molecule is O=C(COc1ccccc1)N1C[C@H]2C[C@H](C1)c1ccc(-c3ccc(Cl)cc3)c(=O)n1C2. The molecule has 1 saturated heterocycles. The number of para-hydroxylation sites is 1. The van der Waals surface area contributed by atoms with E-state index in [2.05, 4.69) is 0 Å². The first-order valence-electron chi connectivity index (χ1n) is 10.5. The van der Waals surface area contributed by atoms with E-state index in [0.29, 0.717) is 36.0 Å². The molecular formula is C25H23ClN2O3. The molecule has 3 aromatic rings. The molecule has 0 unspecified atom stereocenters. The van der Waals surface area contributed by atoms with Gasteiger partial charge in [-0.25, -0.2) is 0 Å². The van der Waals surface area contributed by atoms with Crippen molar-refractivity contribution in [2.75, 3.05) is 19.7 Å². The summed E-state index contributed by atoms with van der Waals surface area (Å²) in [7, 11) is 0. The summed E-state index contributed by atoms with van der Waals surface area (Å²) in [6.07, 6.45) is 1.00. The predicted octanol–water partition coefficient (Wildman–Crippen LogP) is 4.19. The van der Waals surface area contributed by atoms with Crippen molar-refractivity contribution >= 4 is 17.5 Å². The smallest absolute Gasteiger partial charge is 0.260 e. The summed E-state index contributed by atoms with van der Waals surface area (Å²) < 4.78 is 7.56. The zero-order chi connectivity index (χ0) is 21.4. The van der Waals surface area contributed by atoms with E-state index in [1.54, 1.807) is 12.1 Å². The van der Waals surface area contributed by atoms with Crippen LogP contribution in [0.15, 0.2) is 71.5 Å². The molecule has 0 radical (unpaired) electrons. The molecular weight excluding hydrogens is 412 g/mol. The number of hydrogen-bond donors (Lipinski definition) is 0. The molecule has 1 fully saturated rings. The Morgan fingerprint density at radius 2 is 1.74 bits per heavy atom. The summed E-state index contributed by atoms with van der Waals surface area (Å²) in [5.74, 6) is 1.12. The molecule has 158 valence electrons. The fourth-order valence-corrected chi connectivity index (χ4v) is 4.88. The van der Waals surface area contributed by atoms with E-state index >= 15 is 0 Å². The van der Waals surface area contributed by atoms with E-state index in [1.807, 2.05) is 64.1 Å². The highest BCUT2D eigenvalue weighted by atomic mass is 35.5. The van der Waals surface area contributed by atoms with Gasteiger partial charge in [-0.3, -0.25) is 9.59 Å². The molecule has 0 aliphatic carbocycles. The van der Waals surface area contributed by atoms with Gasteiger partial charge in [0.2, 0.25) is 0 Å². The molecule has 5 rings (SSSR count). The number of halogens is 1. The van der Waals surface area contributed by atoms with Crippen LogP contribution in [0.4, 0.5) is 0 Å². The molecule has 2 aromatic carbocycles. The van der Waals surface area contributed by atoms with Gasteiger partial charge in [0.25, 0.3) is 11.5 Å². The largest absolute Gasteiger partial charge is 0.484 e. The second-order valence-electron chi connectivity index (χ2n) is 8.29. The first kappa shape index (κ1) is 19.9. The summed E-state index contributed by atoms with van der Waals surface area (Å²) in [6, 6.07) is 20.7. The highest BCUT2D eigenvalue weighted by Gasteiger charge is 2.36. The second kappa shape index (κ2) is 8.23. The molecule has 3 heterocycles. The number of amides is 1. The first-order chi connectivity index (χ1) is 15.1. The van der Waals surface area contributed by atoms with Crippen LogP contribution in [0, 0.1) is 5.92 Å². The first-order valence-corrected chi connectivity index (χ1v) is 10.9. The molecule has 0 saturated carbocycles. The average Bonchev–Trinajstić information content (AvgIpc) is 2.79. The number of ether oxygens (including phenoxy) is 1. The molecule has 1 amide bonds. The quantitative estimate of drug-likeness (QED) is 0.618. The van der Waals surface area contributed by atoms with Gasteiger partial charge in [0, 0.05) is 41.8 Å². The highest BCUT2D eigenvalue weighted by Crippen LogP contribution is 2.36. The van der Waals surface area contributed by atoms with Crippen LogP contribution in [0.5, 0.6) is 5.75 Å². The maximum absolute atomic E-state index is 13.2. The fourth-order valence-electron chi connectivity index (χ4n) is 4.75. The number of piperidine rings is 1. The van der Waals surface area contributed by atoms with Gasteiger partial charge in [-0.15, -0.1) is 0 Å². The van der Waals surface area contributed by atoms with E-state index in [1.165, 1.54) is 0 Å². The average molecular weight is 435 g/mol. The number of fused-ring (bicyclic) bond motifs is 4. The van der Waals surface area contributed by atoms with Crippen LogP contribution in [0.3, 0.4) is 0 Å². The minimum Gasteiger partial charge on any atom is -0.484 e. The van der Waals surface area contributed by atoms with Gasteiger partial charge in [-0.2, -0.15) is 0 Å². The third-order valence-electron chi connectivity index (χ3n) is 6.22. The van der Waals surface area contributed by atoms with Crippen molar-refractivity contribution < 1.29 is 9.53 Å². The molecule has 31 heavy (non-hydrogen) atoms. The molecule has 2 aliphatic heterocycles. The summed E-state index contributed by atoms with van der Waals surface area (Å²) in [4.78, 5) is 27.9. The molecule has 2 aliphatic rings. The minimum absolute atomic E-state index is 0.00728. The maximum atomic E-state index is 13.2. The Bertz CT molecular complexity index is 1160. The Labute approximate surface area is 185 Å². The van der Waals surface area contributed by atoms with Crippen LogP contribution >= 0.6 is 11.6 Å². The zero-order valence-corrected chi connectivity index (χ0v) is 17.8. The van der Waals surface area contributed by atoms with Crippen molar-refractivity contribution in [2.45, 2.75) is 18.9 Å². The van der Waals surface area contributed by atoms with Crippen LogP contribution in [-0.2, 0) is 11.3 Å². The molecule has 0 spiro atoms. The normalized spacial score (nSPS) is 19.6. The van der Waals surface area contributed by atoms with Crippen LogP contribution < -0.4 is 10.3 Å². The lowest BCUT2D eigenvalue weighted by Crippen LogP contribution is -2.50. The van der Waals surface area contributed by atoms with E-state index in [-0.39, 0.29) is 29.9 Å². The van der Waals surface area contributed by atoms with E-state index in [4.69, 9.17) is 16.3 Å². The third kappa shape index (κ3) is 3.98. The minimum atomic E-state index is -0.00728. The van der Waals surface area contributed by atoms with Gasteiger partial charge in [-0.05, 0) is 54.3 Å². The number of pyridine rings is 1. The standard InChI is InChI=1S/C25H23ClN2O3/c26-20-8-6-18(7-9-20)22-10-11-23-19-12-17(14-28(23)25(22)30)13-27(15-19)24(29)16-31-21-4-2-1-3-5-21/h1-11,17,19H,12-16H2/t17-,19-/m1/s1. The van der Waals surface area contributed by atoms with Crippen LogP contribution in [0.1, 0.15) is 18.0 Å². The predicted molar refractivity (Wildman–Crippen MR) is 121 cm³/mol. The Kier molecular flexibility index (Phi) is 5.28. The van der Waals surface area contributed by atoms with E-state index in [0.717, 1.165) is 17.7 Å². The van der Waals surface area contributed by atoms with Gasteiger partial charge >= 0.3 is 0 Å². The highest BCUT2D eigenvalue weighted by molar-refractivity contribution is 6.30. The molecule has 1 aromatic heterocycles. The van der Waals surface area contributed by atoms with Crippen LogP contribution in [0.25, 0.3) is 11.1 Å². The number of rotatable bonds is 4. The molecule has 2 bridgehead atoms.